The minimum atomic E-state index is -4.01. The van der Waals surface area contributed by atoms with E-state index in [-0.39, 0.29) is 31.2 Å². The second-order valence-corrected chi connectivity index (χ2v) is 10.3. The van der Waals surface area contributed by atoms with Crippen LogP contribution in [0, 0.1) is 6.92 Å². The Hall–Kier alpha value is -2.26. The minimum Gasteiger partial charge on any atom is -0.280 e. The quantitative estimate of drug-likeness (QED) is 0.535. The number of aryl methyl sites for hydroxylation is 1. The van der Waals surface area contributed by atoms with Gasteiger partial charge in [0.05, 0.1) is 26.2 Å². The lowest BCUT2D eigenvalue weighted by Crippen LogP contribution is -2.16. The third-order valence-corrected chi connectivity index (χ3v) is 7.41. The van der Waals surface area contributed by atoms with E-state index in [2.05, 4.69) is 9.44 Å². The molecule has 2 N–H and O–H groups in total. The monoisotopic (exact) mass is 470 g/mol. The maximum Gasteiger partial charge on any atom is 0.262 e. The molecule has 0 saturated carbocycles. The molecule has 10 heteroatoms. The van der Waals surface area contributed by atoms with E-state index in [0.29, 0.717) is 5.56 Å². The molecule has 0 aliphatic heterocycles. The molecule has 6 nitrogen and oxygen atoms in total. The van der Waals surface area contributed by atoms with Crippen LogP contribution in [0.3, 0.4) is 0 Å². The third kappa shape index (κ3) is 5.02. The summed E-state index contributed by atoms with van der Waals surface area (Å²) in [6.45, 7) is 1.61. The number of rotatable bonds is 6. The predicted octanol–water partition coefficient (Wildman–Crippen LogP) is 4.90. The first-order valence-corrected chi connectivity index (χ1v) is 12.0. The van der Waals surface area contributed by atoms with E-state index in [9.17, 15) is 16.8 Å². The van der Waals surface area contributed by atoms with Crippen molar-refractivity contribution in [3.8, 4) is 0 Å². The molecule has 152 valence electrons. The van der Waals surface area contributed by atoms with Crippen molar-refractivity contribution >= 4 is 54.6 Å². The standard InChI is InChI=1S/C19H16Cl2N2O4S2/c1-13-9-10-15(22-28(24,25)16-6-4-5-14(20)11-16)12-19(13)29(26,27)23-18-8-3-2-7-17(18)21/h2-12,22-23H,1H3. The fourth-order valence-electron chi connectivity index (χ4n) is 2.55. The molecule has 3 aromatic rings. The zero-order valence-electron chi connectivity index (χ0n) is 15.1. The highest BCUT2D eigenvalue weighted by atomic mass is 35.5. The number of halogens is 2. The van der Waals surface area contributed by atoms with Crippen LogP contribution in [0.1, 0.15) is 5.56 Å². The maximum absolute atomic E-state index is 12.8. The van der Waals surface area contributed by atoms with Gasteiger partial charge in [0.25, 0.3) is 20.0 Å². The van der Waals surface area contributed by atoms with E-state index in [1.165, 1.54) is 42.5 Å². The lowest BCUT2D eigenvalue weighted by atomic mass is 10.2. The summed E-state index contributed by atoms with van der Waals surface area (Å²) in [6.07, 6.45) is 0. The number of benzene rings is 3. The Labute approximate surface area is 179 Å². The van der Waals surface area contributed by atoms with Crippen LogP contribution in [-0.2, 0) is 20.0 Å². The summed E-state index contributed by atoms with van der Waals surface area (Å²) in [7, 11) is -7.95. The van der Waals surface area contributed by atoms with E-state index in [1.807, 2.05) is 0 Å². The van der Waals surface area contributed by atoms with Gasteiger partial charge in [-0.3, -0.25) is 9.44 Å². The molecule has 0 amide bonds. The van der Waals surface area contributed by atoms with E-state index in [1.54, 1.807) is 31.2 Å². The van der Waals surface area contributed by atoms with Crippen LogP contribution < -0.4 is 9.44 Å². The number of hydrogen-bond donors (Lipinski definition) is 2. The first-order chi connectivity index (χ1) is 13.6. The Morgan fingerprint density at radius 1 is 0.759 bits per heavy atom. The summed E-state index contributed by atoms with van der Waals surface area (Å²) in [5.41, 5.74) is 0.754. The van der Waals surface area contributed by atoms with E-state index in [4.69, 9.17) is 23.2 Å². The largest absolute Gasteiger partial charge is 0.280 e. The number of para-hydroxylation sites is 1. The van der Waals surface area contributed by atoms with E-state index < -0.39 is 20.0 Å². The Balaban J connectivity index is 1.95. The van der Waals surface area contributed by atoms with Crippen LogP contribution in [-0.4, -0.2) is 16.8 Å². The maximum atomic E-state index is 12.8. The van der Waals surface area contributed by atoms with Gasteiger partial charge >= 0.3 is 0 Å². The topological polar surface area (TPSA) is 92.3 Å². The molecule has 0 radical (unpaired) electrons. The van der Waals surface area contributed by atoms with Crippen molar-refractivity contribution in [2.24, 2.45) is 0 Å². The molecule has 0 saturated heterocycles. The Kier molecular flexibility index (Phi) is 6.09. The van der Waals surface area contributed by atoms with Gasteiger partial charge in [-0.2, -0.15) is 0 Å². The van der Waals surface area contributed by atoms with E-state index in [0.717, 1.165) is 0 Å². The molecule has 3 aromatic carbocycles. The SMILES string of the molecule is Cc1ccc(NS(=O)(=O)c2cccc(Cl)c2)cc1S(=O)(=O)Nc1ccccc1Cl. The molecule has 0 atom stereocenters. The Morgan fingerprint density at radius 2 is 1.48 bits per heavy atom. The molecule has 0 heterocycles. The number of anilines is 2. The molecular weight excluding hydrogens is 455 g/mol. The van der Waals surface area contributed by atoms with Gasteiger partial charge in [0.15, 0.2) is 0 Å². The highest BCUT2D eigenvalue weighted by Crippen LogP contribution is 2.28. The van der Waals surface area contributed by atoms with Crippen LogP contribution in [0.2, 0.25) is 10.0 Å². The molecule has 0 aliphatic rings. The zero-order chi connectivity index (χ0) is 21.2. The normalized spacial score (nSPS) is 11.8. The minimum absolute atomic E-state index is 0.0378. The van der Waals surface area contributed by atoms with Crippen molar-refractivity contribution in [1.29, 1.82) is 0 Å². The summed E-state index contributed by atoms with van der Waals surface area (Å²) >= 11 is 11.9. The first-order valence-electron chi connectivity index (χ1n) is 8.25. The molecule has 0 bridgehead atoms. The second kappa shape index (κ2) is 8.23. The number of nitrogens with one attached hydrogen (secondary N) is 2. The molecule has 29 heavy (non-hydrogen) atoms. The molecule has 0 unspecified atom stereocenters. The average Bonchev–Trinajstić information content (AvgIpc) is 2.65. The van der Waals surface area contributed by atoms with Crippen LogP contribution in [0.4, 0.5) is 11.4 Å². The van der Waals surface area contributed by atoms with Gasteiger partial charge in [-0.15, -0.1) is 0 Å². The van der Waals surface area contributed by atoms with Crippen LogP contribution in [0.15, 0.2) is 76.5 Å². The highest BCUT2D eigenvalue weighted by molar-refractivity contribution is 7.93. The molecule has 0 spiro atoms. The molecule has 0 aliphatic carbocycles. The van der Waals surface area contributed by atoms with Gasteiger partial charge < -0.3 is 0 Å². The zero-order valence-corrected chi connectivity index (χ0v) is 18.2. The van der Waals surface area contributed by atoms with Crippen molar-refractivity contribution in [3.63, 3.8) is 0 Å². The number of hydrogen-bond acceptors (Lipinski definition) is 4. The summed E-state index contributed by atoms with van der Waals surface area (Å²) in [6, 6.07) is 16.4. The summed E-state index contributed by atoms with van der Waals surface area (Å²) < 4.78 is 55.6. The third-order valence-electron chi connectivity index (χ3n) is 3.95. The first kappa shape index (κ1) is 21.4. The Bertz CT molecular complexity index is 1280. The fraction of sp³-hybridized carbons (Fsp3) is 0.0526. The van der Waals surface area contributed by atoms with Gasteiger partial charge in [-0.05, 0) is 55.0 Å². The van der Waals surface area contributed by atoms with Gasteiger partial charge in [0.2, 0.25) is 0 Å². The molecule has 3 rings (SSSR count). The predicted molar refractivity (Wildman–Crippen MR) is 116 cm³/mol. The van der Waals surface area contributed by atoms with Crippen LogP contribution >= 0.6 is 23.2 Å². The van der Waals surface area contributed by atoms with Gasteiger partial charge in [0.1, 0.15) is 0 Å². The van der Waals surface area contributed by atoms with Crippen LogP contribution in [0.5, 0.6) is 0 Å². The highest BCUT2D eigenvalue weighted by Gasteiger charge is 2.21. The average molecular weight is 471 g/mol. The molecule has 0 fully saturated rings. The van der Waals surface area contributed by atoms with Gasteiger partial charge in [-0.25, -0.2) is 16.8 Å². The summed E-state index contributed by atoms with van der Waals surface area (Å²) in [5.74, 6) is 0. The van der Waals surface area contributed by atoms with Crippen molar-refractivity contribution in [2.75, 3.05) is 9.44 Å². The lowest BCUT2D eigenvalue weighted by Gasteiger charge is -2.14. The van der Waals surface area contributed by atoms with E-state index >= 15 is 0 Å². The van der Waals surface area contributed by atoms with Crippen molar-refractivity contribution in [2.45, 2.75) is 16.7 Å². The fourth-order valence-corrected chi connectivity index (χ4v) is 5.49. The summed E-state index contributed by atoms with van der Waals surface area (Å²) in [4.78, 5) is -0.118. The smallest absolute Gasteiger partial charge is 0.262 e. The van der Waals surface area contributed by atoms with Crippen molar-refractivity contribution < 1.29 is 16.8 Å². The lowest BCUT2D eigenvalue weighted by molar-refractivity contribution is 0.598. The molecule has 0 aromatic heterocycles. The summed E-state index contributed by atoms with van der Waals surface area (Å²) in [5, 5.41) is 0.510. The van der Waals surface area contributed by atoms with Crippen LogP contribution in [0.25, 0.3) is 0 Å². The van der Waals surface area contributed by atoms with Crippen molar-refractivity contribution in [1.82, 2.24) is 0 Å². The van der Waals surface area contributed by atoms with Crippen molar-refractivity contribution in [3.05, 3.63) is 82.3 Å². The molecular formula is C19H16Cl2N2O4S2. The Morgan fingerprint density at radius 3 is 2.17 bits per heavy atom. The van der Waals surface area contributed by atoms with Gasteiger partial charge in [-0.1, -0.05) is 47.5 Å². The number of sulfonamides is 2. The second-order valence-electron chi connectivity index (χ2n) is 6.13. The van der Waals surface area contributed by atoms with Gasteiger partial charge in [0, 0.05) is 5.02 Å².